The first kappa shape index (κ1) is 18.3. The van der Waals surface area contributed by atoms with Crippen LogP contribution >= 0.6 is 15.9 Å². The van der Waals surface area contributed by atoms with Crippen molar-refractivity contribution in [2.24, 2.45) is 17.8 Å². The molecule has 1 aliphatic heterocycles. The van der Waals surface area contributed by atoms with Gasteiger partial charge in [-0.05, 0) is 52.7 Å². The number of halogens is 1. The number of pyridine rings is 2. The van der Waals surface area contributed by atoms with Crippen molar-refractivity contribution in [3.8, 4) is 0 Å². The van der Waals surface area contributed by atoms with Crippen molar-refractivity contribution in [1.82, 2.24) is 20.2 Å². The zero-order valence-corrected chi connectivity index (χ0v) is 17.1. The van der Waals surface area contributed by atoms with Crippen LogP contribution in [0.2, 0.25) is 0 Å². The van der Waals surface area contributed by atoms with Crippen LogP contribution < -0.4 is 5.32 Å². The second kappa shape index (κ2) is 7.19. The highest BCUT2D eigenvalue weighted by atomic mass is 79.9. The van der Waals surface area contributed by atoms with Crippen LogP contribution in [0.25, 0.3) is 10.9 Å². The van der Waals surface area contributed by atoms with E-state index in [9.17, 15) is 9.59 Å². The second-order valence-electron chi connectivity index (χ2n) is 7.85. The van der Waals surface area contributed by atoms with Gasteiger partial charge in [0.25, 0.3) is 5.91 Å². The van der Waals surface area contributed by atoms with Crippen LogP contribution in [0.15, 0.2) is 29.0 Å². The van der Waals surface area contributed by atoms with Crippen LogP contribution in [0, 0.1) is 17.8 Å². The van der Waals surface area contributed by atoms with Crippen molar-refractivity contribution in [1.29, 1.82) is 0 Å². The van der Waals surface area contributed by atoms with Crippen LogP contribution in [0.1, 0.15) is 37.2 Å². The Morgan fingerprint density at radius 3 is 2.67 bits per heavy atom. The molecule has 2 fully saturated rings. The number of hydrogen-bond donors (Lipinski definition) is 1. The molecule has 1 saturated carbocycles. The normalized spacial score (nSPS) is 27.4. The molecule has 7 heteroatoms. The summed E-state index contributed by atoms with van der Waals surface area (Å²) in [5.41, 5.74) is 1.09. The van der Waals surface area contributed by atoms with Crippen molar-refractivity contribution in [3.63, 3.8) is 0 Å². The first-order chi connectivity index (χ1) is 12.9. The Balaban J connectivity index is 1.45. The number of carbonyl (C=O) groups excluding carboxylic acids is 2. The molecular formula is C20H23BrN4O2. The van der Waals surface area contributed by atoms with Gasteiger partial charge in [-0.3, -0.25) is 14.6 Å². The number of fused-ring (bicyclic) bond motifs is 1. The van der Waals surface area contributed by atoms with Crippen LogP contribution in [0.4, 0.5) is 0 Å². The summed E-state index contributed by atoms with van der Waals surface area (Å²) in [7, 11) is 0. The number of nitrogens with one attached hydrogen (secondary N) is 1. The Morgan fingerprint density at radius 2 is 1.96 bits per heavy atom. The largest absolute Gasteiger partial charge is 0.346 e. The zero-order valence-electron chi connectivity index (χ0n) is 15.5. The van der Waals surface area contributed by atoms with E-state index in [-0.39, 0.29) is 29.7 Å². The third-order valence-electron chi connectivity index (χ3n) is 5.96. The summed E-state index contributed by atoms with van der Waals surface area (Å²) in [6.45, 7) is 5.51. The van der Waals surface area contributed by atoms with Gasteiger partial charge in [0.05, 0.1) is 16.0 Å². The second-order valence-corrected chi connectivity index (χ2v) is 8.71. The van der Waals surface area contributed by atoms with Crippen LogP contribution in [-0.2, 0) is 4.79 Å². The number of amides is 2. The highest BCUT2D eigenvalue weighted by Crippen LogP contribution is 2.36. The monoisotopic (exact) mass is 430 g/mol. The predicted octanol–water partition coefficient (Wildman–Crippen LogP) is 3.02. The smallest absolute Gasteiger partial charge is 0.270 e. The van der Waals surface area contributed by atoms with Crippen molar-refractivity contribution in [2.45, 2.75) is 32.7 Å². The van der Waals surface area contributed by atoms with Gasteiger partial charge >= 0.3 is 0 Å². The van der Waals surface area contributed by atoms with Gasteiger partial charge < -0.3 is 10.2 Å². The molecule has 0 radical (unpaired) electrons. The summed E-state index contributed by atoms with van der Waals surface area (Å²) < 4.78 is 0.760. The average Bonchev–Trinajstić information content (AvgIpc) is 3.01. The molecule has 4 rings (SSSR count). The lowest BCUT2D eigenvalue weighted by Crippen LogP contribution is -2.44. The Labute approximate surface area is 166 Å². The zero-order chi connectivity index (χ0) is 19.1. The van der Waals surface area contributed by atoms with E-state index in [1.165, 1.54) is 0 Å². The molecule has 4 atom stereocenters. The number of carbonyl (C=O) groups is 2. The van der Waals surface area contributed by atoms with Crippen molar-refractivity contribution < 1.29 is 9.59 Å². The molecule has 2 aliphatic rings. The quantitative estimate of drug-likeness (QED) is 0.811. The van der Waals surface area contributed by atoms with E-state index in [1.807, 2.05) is 11.0 Å². The van der Waals surface area contributed by atoms with Gasteiger partial charge in [0.1, 0.15) is 5.69 Å². The first-order valence-corrected chi connectivity index (χ1v) is 10.2. The van der Waals surface area contributed by atoms with Gasteiger partial charge in [0.15, 0.2) is 0 Å². The van der Waals surface area contributed by atoms with Gasteiger partial charge in [-0.2, -0.15) is 0 Å². The molecule has 2 amide bonds. The van der Waals surface area contributed by atoms with Crippen molar-refractivity contribution >= 4 is 38.6 Å². The van der Waals surface area contributed by atoms with Crippen molar-refractivity contribution in [3.05, 3.63) is 34.7 Å². The number of likely N-dealkylation sites (tertiary alicyclic amines) is 1. The molecule has 1 N–H and O–H groups in total. The molecule has 0 bridgehead atoms. The third-order valence-corrected chi connectivity index (χ3v) is 6.54. The minimum Gasteiger partial charge on any atom is -0.346 e. The SMILES string of the molecule is CC1CCC1C(=O)N1C[C@@H](C)[C@@H](NC(=O)c2ccc3cncc(Br)c3n2)C1. The fourth-order valence-corrected chi connectivity index (χ4v) is 4.42. The van der Waals surface area contributed by atoms with E-state index in [0.717, 1.165) is 22.7 Å². The average molecular weight is 431 g/mol. The standard InChI is InChI=1S/C20H23BrN4O2/c1-11-3-5-14(11)20(27)25-9-12(2)17(10-25)24-19(26)16-6-4-13-7-22-8-15(21)18(13)23-16/h4,6-8,11-12,14,17H,3,5,9-10H2,1-2H3,(H,24,26)/t11?,12-,14?,17+/m1/s1. The molecule has 6 nitrogen and oxygen atoms in total. The minimum absolute atomic E-state index is 0.0461. The number of nitrogens with zero attached hydrogens (tertiary/aromatic N) is 3. The predicted molar refractivity (Wildman–Crippen MR) is 106 cm³/mol. The molecule has 1 saturated heterocycles. The topological polar surface area (TPSA) is 75.2 Å². The lowest BCUT2D eigenvalue weighted by atomic mass is 9.74. The molecule has 2 unspecified atom stereocenters. The lowest BCUT2D eigenvalue weighted by Gasteiger charge is -2.35. The summed E-state index contributed by atoms with van der Waals surface area (Å²) in [5, 5.41) is 3.95. The maximum atomic E-state index is 12.7. The van der Waals surface area contributed by atoms with E-state index < -0.39 is 0 Å². The summed E-state index contributed by atoms with van der Waals surface area (Å²) >= 11 is 3.43. The highest BCUT2D eigenvalue weighted by molar-refractivity contribution is 9.10. The Hall–Kier alpha value is -2.02. The summed E-state index contributed by atoms with van der Waals surface area (Å²) in [4.78, 5) is 35.9. The van der Waals surface area contributed by atoms with Gasteiger partial charge in [-0.1, -0.05) is 13.8 Å². The number of aromatic nitrogens is 2. The maximum Gasteiger partial charge on any atom is 0.270 e. The van der Waals surface area contributed by atoms with E-state index in [2.05, 4.69) is 45.1 Å². The summed E-state index contributed by atoms with van der Waals surface area (Å²) in [6, 6.07) is 3.51. The fourth-order valence-electron chi connectivity index (χ4n) is 3.98. The van der Waals surface area contributed by atoms with E-state index >= 15 is 0 Å². The molecule has 3 heterocycles. The molecule has 142 valence electrons. The summed E-state index contributed by atoms with van der Waals surface area (Å²) in [6.07, 6.45) is 5.52. The fraction of sp³-hybridized carbons (Fsp3) is 0.500. The van der Waals surface area contributed by atoms with Gasteiger partial charge in [0, 0.05) is 36.8 Å². The molecule has 0 spiro atoms. The molecule has 0 aromatic carbocycles. The Morgan fingerprint density at radius 1 is 1.15 bits per heavy atom. The van der Waals surface area contributed by atoms with Crippen LogP contribution in [-0.4, -0.2) is 45.8 Å². The summed E-state index contributed by atoms with van der Waals surface area (Å²) in [5.74, 6) is 0.919. The first-order valence-electron chi connectivity index (χ1n) is 9.44. The third kappa shape index (κ3) is 3.45. The molecular weight excluding hydrogens is 408 g/mol. The number of rotatable bonds is 3. The maximum absolute atomic E-state index is 12.7. The van der Waals surface area contributed by atoms with Gasteiger partial charge in [-0.25, -0.2) is 4.98 Å². The molecule has 27 heavy (non-hydrogen) atoms. The van der Waals surface area contributed by atoms with Crippen LogP contribution in [0.3, 0.4) is 0 Å². The van der Waals surface area contributed by atoms with Crippen LogP contribution in [0.5, 0.6) is 0 Å². The highest BCUT2D eigenvalue weighted by Gasteiger charge is 2.40. The van der Waals surface area contributed by atoms with Gasteiger partial charge in [-0.15, -0.1) is 0 Å². The molecule has 2 aromatic rings. The van der Waals surface area contributed by atoms with Gasteiger partial charge in [0.2, 0.25) is 5.91 Å². The Bertz CT molecular complexity index is 903. The molecule has 2 aromatic heterocycles. The Kier molecular flexibility index (Phi) is 4.88. The van der Waals surface area contributed by atoms with E-state index in [0.29, 0.717) is 30.2 Å². The minimum atomic E-state index is -0.205. The number of hydrogen-bond acceptors (Lipinski definition) is 4. The van der Waals surface area contributed by atoms with Crippen molar-refractivity contribution in [2.75, 3.05) is 13.1 Å². The lowest BCUT2D eigenvalue weighted by molar-refractivity contribution is -0.139. The van der Waals surface area contributed by atoms with E-state index in [4.69, 9.17) is 0 Å². The molecule has 1 aliphatic carbocycles. The van der Waals surface area contributed by atoms with E-state index in [1.54, 1.807) is 18.5 Å².